The second-order valence-corrected chi connectivity index (χ2v) is 7.55. The van der Waals surface area contributed by atoms with Gasteiger partial charge in [0, 0.05) is 12.0 Å². The molecule has 0 unspecified atom stereocenters. The van der Waals surface area contributed by atoms with Crippen LogP contribution in [0.15, 0.2) is 48.7 Å². The first-order chi connectivity index (χ1) is 14.3. The van der Waals surface area contributed by atoms with Gasteiger partial charge >= 0.3 is 0 Å². The minimum atomic E-state index is 0.606. The van der Waals surface area contributed by atoms with E-state index in [0.717, 1.165) is 30.2 Å². The number of aromatic nitrogens is 2. The van der Waals surface area contributed by atoms with Crippen molar-refractivity contribution in [2.75, 3.05) is 19.8 Å². The van der Waals surface area contributed by atoms with Gasteiger partial charge in [-0.15, -0.1) is 0 Å². The van der Waals surface area contributed by atoms with Crippen LogP contribution in [0, 0.1) is 0 Å². The number of fused-ring (bicyclic) bond motifs is 2. The molecule has 0 N–H and O–H groups in total. The van der Waals surface area contributed by atoms with E-state index in [-0.39, 0.29) is 0 Å². The Morgan fingerprint density at radius 2 is 1.79 bits per heavy atom. The van der Waals surface area contributed by atoms with Crippen molar-refractivity contribution in [3.05, 3.63) is 54.5 Å². The number of benzene rings is 2. The van der Waals surface area contributed by atoms with Crippen LogP contribution in [0.2, 0.25) is 0 Å². The van der Waals surface area contributed by atoms with Crippen LogP contribution in [0.1, 0.15) is 32.0 Å². The first-order valence-electron chi connectivity index (χ1n) is 10.6. The Hall–Kier alpha value is -2.95. The van der Waals surface area contributed by atoms with Gasteiger partial charge in [0.2, 0.25) is 0 Å². The van der Waals surface area contributed by atoms with Crippen LogP contribution in [0.3, 0.4) is 0 Å². The third kappa shape index (κ3) is 3.46. The molecule has 0 saturated heterocycles. The maximum Gasteiger partial charge on any atom is 0.262 e. The van der Waals surface area contributed by atoms with E-state index < -0.39 is 0 Å². The summed E-state index contributed by atoms with van der Waals surface area (Å²) in [5.41, 5.74) is 3.57. The molecule has 0 aliphatic carbocycles. The lowest BCUT2D eigenvalue weighted by molar-refractivity contribution is -0.692. The predicted octanol–water partition coefficient (Wildman–Crippen LogP) is 4.33. The molecule has 0 fully saturated rings. The third-order valence-electron chi connectivity index (χ3n) is 5.68. The first kappa shape index (κ1) is 18.1. The van der Waals surface area contributed by atoms with Crippen LogP contribution in [0.4, 0.5) is 0 Å². The molecule has 3 aromatic rings. The number of hydrogen-bond donors (Lipinski definition) is 0. The van der Waals surface area contributed by atoms with Crippen molar-refractivity contribution in [1.29, 1.82) is 0 Å². The third-order valence-corrected chi connectivity index (χ3v) is 5.68. The van der Waals surface area contributed by atoms with Crippen LogP contribution >= 0.6 is 0 Å². The van der Waals surface area contributed by atoms with Crippen LogP contribution < -0.4 is 18.8 Å². The molecule has 5 rings (SSSR count). The van der Waals surface area contributed by atoms with E-state index in [1.807, 2.05) is 13.0 Å². The fourth-order valence-corrected chi connectivity index (χ4v) is 4.30. The number of rotatable bonds is 4. The maximum atomic E-state index is 5.83. The van der Waals surface area contributed by atoms with Gasteiger partial charge in [0.1, 0.15) is 30.8 Å². The summed E-state index contributed by atoms with van der Waals surface area (Å²) in [4.78, 5) is 0. The Morgan fingerprint density at radius 3 is 2.62 bits per heavy atom. The Balaban J connectivity index is 1.59. The number of hydrogen-bond acceptors (Lipinski definition) is 3. The minimum Gasteiger partial charge on any atom is -0.494 e. The molecule has 2 aliphatic rings. The summed E-state index contributed by atoms with van der Waals surface area (Å²) >= 11 is 0. The fourth-order valence-electron chi connectivity index (χ4n) is 4.30. The molecule has 2 aliphatic heterocycles. The zero-order valence-corrected chi connectivity index (χ0v) is 16.9. The standard InChI is InChI=1S/C24H27N2O3/c1-2-27-20-10-8-19(9-11-20)26-17-21(25-13-5-3-4-6-24(25)26)18-7-12-22-23(16-18)29-15-14-28-22/h7-12,16-17H,2-6,13-15H2,1H3/q+1. The van der Waals surface area contributed by atoms with Crippen LogP contribution in [-0.4, -0.2) is 24.4 Å². The highest BCUT2D eigenvalue weighted by molar-refractivity contribution is 5.62. The van der Waals surface area contributed by atoms with Gasteiger partial charge in [-0.05, 0) is 68.7 Å². The highest BCUT2D eigenvalue weighted by Crippen LogP contribution is 2.34. The van der Waals surface area contributed by atoms with Crippen molar-refractivity contribution in [2.24, 2.45) is 0 Å². The predicted molar refractivity (Wildman–Crippen MR) is 111 cm³/mol. The number of ether oxygens (including phenoxy) is 3. The summed E-state index contributed by atoms with van der Waals surface area (Å²) in [5.74, 6) is 3.94. The van der Waals surface area contributed by atoms with Crippen molar-refractivity contribution < 1.29 is 18.8 Å². The van der Waals surface area contributed by atoms with E-state index in [9.17, 15) is 0 Å². The smallest absolute Gasteiger partial charge is 0.262 e. The highest BCUT2D eigenvalue weighted by atomic mass is 16.6. The van der Waals surface area contributed by atoms with Crippen LogP contribution in [-0.2, 0) is 13.0 Å². The van der Waals surface area contributed by atoms with E-state index >= 15 is 0 Å². The molecular weight excluding hydrogens is 364 g/mol. The Labute approximate surface area is 171 Å². The van der Waals surface area contributed by atoms with Crippen molar-refractivity contribution in [2.45, 2.75) is 39.2 Å². The molecule has 5 heteroatoms. The van der Waals surface area contributed by atoms with E-state index in [0.29, 0.717) is 19.8 Å². The van der Waals surface area contributed by atoms with Gasteiger partial charge in [-0.2, -0.15) is 4.57 Å². The van der Waals surface area contributed by atoms with Gasteiger partial charge in [-0.1, -0.05) is 0 Å². The van der Waals surface area contributed by atoms with E-state index in [1.54, 1.807) is 0 Å². The normalized spacial score (nSPS) is 15.5. The molecule has 2 aromatic carbocycles. The molecule has 0 spiro atoms. The van der Waals surface area contributed by atoms with E-state index in [1.165, 1.54) is 42.0 Å². The summed E-state index contributed by atoms with van der Waals surface area (Å²) in [6.45, 7) is 4.96. The van der Waals surface area contributed by atoms with Gasteiger partial charge in [0.05, 0.1) is 13.2 Å². The van der Waals surface area contributed by atoms with Gasteiger partial charge < -0.3 is 14.2 Å². The van der Waals surface area contributed by atoms with Gasteiger partial charge in [-0.3, -0.25) is 0 Å². The SMILES string of the molecule is CCOc1ccc(-n2cc(-c3ccc4c(c3)OCCO4)[n+]3c2CCCCC3)cc1. The average molecular weight is 391 g/mol. The van der Waals surface area contributed by atoms with E-state index in [4.69, 9.17) is 14.2 Å². The van der Waals surface area contributed by atoms with Crippen LogP contribution in [0.5, 0.6) is 17.2 Å². The van der Waals surface area contributed by atoms with Crippen molar-refractivity contribution in [1.82, 2.24) is 4.57 Å². The molecular formula is C24H27N2O3+. The topological polar surface area (TPSA) is 36.5 Å². The summed E-state index contributed by atoms with van der Waals surface area (Å²) in [5, 5.41) is 0. The average Bonchev–Trinajstić information content (AvgIpc) is 2.95. The quantitative estimate of drug-likeness (QED) is 0.621. The molecule has 0 bridgehead atoms. The molecule has 150 valence electrons. The summed E-state index contributed by atoms with van der Waals surface area (Å²) in [6, 6.07) is 14.7. The minimum absolute atomic E-state index is 0.606. The van der Waals surface area contributed by atoms with Gasteiger partial charge in [0.15, 0.2) is 17.2 Å². The highest BCUT2D eigenvalue weighted by Gasteiger charge is 2.27. The lowest BCUT2D eigenvalue weighted by atomic mass is 10.1. The Morgan fingerprint density at radius 1 is 0.966 bits per heavy atom. The van der Waals surface area contributed by atoms with Crippen molar-refractivity contribution in [3.8, 4) is 34.2 Å². The lowest BCUT2D eigenvalue weighted by Crippen LogP contribution is -2.38. The van der Waals surface area contributed by atoms with Crippen LogP contribution in [0.25, 0.3) is 16.9 Å². The van der Waals surface area contributed by atoms with Crippen molar-refractivity contribution in [3.63, 3.8) is 0 Å². The largest absolute Gasteiger partial charge is 0.494 e. The molecule has 0 atom stereocenters. The van der Waals surface area contributed by atoms with Crippen molar-refractivity contribution >= 4 is 0 Å². The zero-order chi connectivity index (χ0) is 19.6. The molecule has 29 heavy (non-hydrogen) atoms. The molecule has 0 radical (unpaired) electrons. The maximum absolute atomic E-state index is 5.83. The second kappa shape index (κ2) is 7.82. The molecule has 5 nitrogen and oxygen atoms in total. The number of imidazole rings is 1. The fraction of sp³-hybridized carbons (Fsp3) is 0.375. The van der Waals surface area contributed by atoms with Gasteiger partial charge in [-0.25, -0.2) is 4.57 Å². The second-order valence-electron chi connectivity index (χ2n) is 7.55. The summed E-state index contributed by atoms with van der Waals surface area (Å²) in [6.07, 6.45) is 7.05. The monoisotopic (exact) mass is 391 g/mol. The Kier molecular flexibility index (Phi) is 4.88. The molecule has 0 saturated carbocycles. The summed E-state index contributed by atoms with van der Waals surface area (Å²) in [7, 11) is 0. The van der Waals surface area contributed by atoms with E-state index in [2.05, 4.69) is 51.7 Å². The Bertz CT molecular complexity index is 1010. The van der Waals surface area contributed by atoms with Gasteiger partial charge in [0.25, 0.3) is 5.82 Å². The molecule has 3 heterocycles. The lowest BCUT2D eigenvalue weighted by Gasteiger charge is -2.18. The number of nitrogens with zero attached hydrogens (tertiary/aromatic N) is 2. The molecule has 0 amide bonds. The first-order valence-corrected chi connectivity index (χ1v) is 10.6. The molecule has 1 aromatic heterocycles. The summed E-state index contributed by atoms with van der Waals surface area (Å²) < 4.78 is 22.0. The zero-order valence-electron chi connectivity index (χ0n) is 16.9.